The highest BCUT2D eigenvalue weighted by Gasteiger charge is 2.25. The Bertz CT molecular complexity index is 882. The average molecular weight is 348 g/mol. The Morgan fingerprint density at radius 3 is 2.92 bits per heavy atom. The van der Waals surface area contributed by atoms with E-state index in [9.17, 15) is 4.79 Å². The first-order chi connectivity index (χ1) is 12.7. The Morgan fingerprint density at radius 2 is 2.08 bits per heavy atom. The SMILES string of the molecule is Cc1cccc(OC[C@@H]2CCCN(C(=O)c3cc4ccccc4[nH]3)C2)c1. The van der Waals surface area contributed by atoms with Crippen molar-refractivity contribution < 1.29 is 9.53 Å². The molecule has 1 fully saturated rings. The lowest BCUT2D eigenvalue weighted by atomic mass is 9.98. The monoisotopic (exact) mass is 348 g/mol. The second-order valence-corrected chi connectivity index (χ2v) is 7.16. The Morgan fingerprint density at radius 1 is 1.19 bits per heavy atom. The van der Waals surface area contributed by atoms with Crippen molar-refractivity contribution in [2.24, 2.45) is 5.92 Å². The van der Waals surface area contributed by atoms with Gasteiger partial charge >= 0.3 is 0 Å². The van der Waals surface area contributed by atoms with Crippen molar-refractivity contribution in [3.05, 3.63) is 65.9 Å². The summed E-state index contributed by atoms with van der Waals surface area (Å²) in [6, 6.07) is 18.1. The predicted octanol–water partition coefficient (Wildman–Crippen LogP) is 4.41. The highest BCUT2D eigenvalue weighted by molar-refractivity contribution is 5.98. The number of carbonyl (C=O) groups excluding carboxylic acids is 1. The molecule has 3 aromatic rings. The minimum atomic E-state index is 0.0847. The zero-order valence-electron chi connectivity index (χ0n) is 15.1. The molecule has 0 bridgehead atoms. The molecule has 4 nitrogen and oxygen atoms in total. The Kier molecular flexibility index (Phi) is 4.65. The van der Waals surface area contributed by atoms with Crippen LogP contribution in [0.3, 0.4) is 0 Å². The third kappa shape index (κ3) is 3.59. The van der Waals surface area contributed by atoms with Gasteiger partial charge in [-0.05, 0) is 49.6 Å². The van der Waals surface area contributed by atoms with Gasteiger partial charge in [0.2, 0.25) is 0 Å². The van der Waals surface area contributed by atoms with Crippen molar-refractivity contribution in [1.82, 2.24) is 9.88 Å². The van der Waals surface area contributed by atoms with Crippen LogP contribution in [0.15, 0.2) is 54.6 Å². The summed E-state index contributed by atoms with van der Waals surface area (Å²) < 4.78 is 5.96. The van der Waals surface area contributed by atoms with Crippen LogP contribution < -0.4 is 4.74 Å². The average Bonchev–Trinajstić information content (AvgIpc) is 3.10. The fraction of sp³-hybridized carbons (Fsp3) is 0.318. The normalized spacial score (nSPS) is 17.4. The topological polar surface area (TPSA) is 45.3 Å². The molecule has 1 N–H and O–H groups in total. The zero-order valence-corrected chi connectivity index (χ0v) is 15.1. The molecule has 0 aliphatic carbocycles. The van der Waals surface area contributed by atoms with Crippen LogP contribution in [0.5, 0.6) is 5.75 Å². The summed E-state index contributed by atoms with van der Waals surface area (Å²) in [7, 11) is 0. The van der Waals surface area contributed by atoms with E-state index in [4.69, 9.17) is 4.74 Å². The molecule has 2 heterocycles. The van der Waals surface area contributed by atoms with Crippen LogP contribution in [0.1, 0.15) is 28.9 Å². The van der Waals surface area contributed by atoms with Gasteiger partial charge in [-0.15, -0.1) is 0 Å². The van der Waals surface area contributed by atoms with Gasteiger partial charge in [-0.25, -0.2) is 0 Å². The number of benzene rings is 2. The van der Waals surface area contributed by atoms with Crippen LogP contribution >= 0.6 is 0 Å². The largest absolute Gasteiger partial charge is 0.493 e. The minimum absolute atomic E-state index is 0.0847. The van der Waals surface area contributed by atoms with E-state index in [1.807, 2.05) is 47.4 Å². The lowest BCUT2D eigenvalue weighted by Crippen LogP contribution is -2.41. The number of nitrogens with one attached hydrogen (secondary N) is 1. The molecule has 0 unspecified atom stereocenters. The standard InChI is InChI=1S/C22H24N2O2/c1-16-6-4-9-19(12-16)26-15-17-7-5-11-24(14-17)22(25)21-13-18-8-2-3-10-20(18)23-21/h2-4,6,8-10,12-13,17,23H,5,7,11,14-15H2,1H3/t17-/m1/s1. The van der Waals surface area contributed by atoms with Crippen LogP contribution in [0, 0.1) is 12.8 Å². The first-order valence-corrected chi connectivity index (χ1v) is 9.25. The zero-order chi connectivity index (χ0) is 17.9. The third-order valence-electron chi connectivity index (χ3n) is 5.04. The first-order valence-electron chi connectivity index (χ1n) is 9.25. The molecule has 26 heavy (non-hydrogen) atoms. The molecule has 0 radical (unpaired) electrons. The second-order valence-electron chi connectivity index (χ2n) is 7.16. The molecule has 1 atom stereocenters. The van der Waals surface area contributed by atoms with Crippen molar-refractivity contribution in [3.8, 4) is 5.75 Å². The van der Waals surface area contributed by atoms with Crippen LogP contribution in [0.4, 0.5) is 0 Å². The number of rotatable bonds is 4. The van der Waals surface area contributed by atoms with Gasteiger partial charge in [-0.2, -0.15) is 0 Å². The van der Waals surface area contributed by atoms with Crippen molar-refractivity contribution in [2.75, 3.05) is 19.7 Å². The maximum Gasteiger partial charge on any atom is 0.270 e. The number of aromatic amines is 1. The summed E-state index contributed by atoms with van der Waals surface area (Å²) in [5.74, 6) is 1.36. The molecular weight excluding hydrogens is 324 g/mol. The number of hydrogen-bond donors (Lipinski definition) is 1. The number of piperidine rings is 1. The van der Waals surface area contributed by atoms with Crippen LogP contribution in [0.25, 0.3) is 10.9 Å². The minimum Gasteiger partial charge on any atom is -0.493 e. The van der Waals surface area contributed by atoms with E-state index in [2.05, 4.69) is 24.0 Å². The number of fused-ring (bicyclic) bond motifs is 1. The van der Waals surface area contributed by atoms with Crippen LogP contribution in [0.2, 0.25) is 0 Å². The smallest absolute Gasteiger partial charge is 0.270 e. The summed E-state index contributed by atoms with van der Waals surface area (Å²) in [6.07, 6.45) is 2.12. The van der Waals surface area contributed by atoms with E-state index in [1.54, 1.807) is 0 Å². The van der Waals surface area contributed by atoms with Gasteiger partial charge < -0.3 is 14.6 Å². The number of aromatic nitrogens is 1. The van der Waals surface area contributed by atoms with Crippen LogP contribution in [-0.4, -0.2) is 35.5 Å². The molecule has 4 heteroatoms. The van der Waals surface area contributed by atoms with E-state index >= 15 is 0 Å². The number of ether oxygens (including phenoxy) is 1. The fourth-order valence-corrected chi connectivity index (χ4v) is 3.66. The highest BCUT2D eigenvalue weighted by atomic mass is 16.5. The lowest BCUT2D eigenvalue weighted by molar-refractivity contribution is 0.0628. The summed E-state index contributed by atoms with van der Waals surface area (Å²) in [5, 5.41) is 1.08. The molecule has 134 valence electrons. The quantitative estimate of drug-likeness (QED) is 0.759. The molecule has 4 rings (SSSR count). The predicted molar refractivity (Wildman–Crippen MR) is 104 cm³/mol. The molecule has 1 amide bonds. The maximum atomic E-state index is 12.9. The number of amides is 1. The van der Waals surface area contributed by atoms with Gasteiger partial charge in [0.05, 0.1) is 6.61 Å². The van der Waals surface area contributed by atoms with E-state index in [1.165, 1.54) is 5.56 Å². The fourth-order valence-electron chi connectivity index (χ4n) is 3.66. The Balaban J connectivity index is 1.40. The number of H-pyrrole nitrogens is 1. The van der Waals surface area contributed by atoms with Gasteiger partial charge in [0.25, 0.3) is 5.91 Å². The van der Waals surface area contributed by atoms with Crippen molar-refractivity contribution in [1.29, 1.82) is 0 Å². The summed E-state index contributed by atoms with van der Waals surface area (Å²) in [4.78, 5) is 18.1. The van der Waals surface area contributed by atoms with Crippen molar-refractivity contribution in [3.63, 3.8) is 0 Å². The van der Waals surface area contributed by atoms with Crippen molar-refractivity contribution >= 4 is 16.8 Å². The first kappa shape index (κ1) is 16.7. The highest BCUT2D eigenvalue weighted by Crippen LogP contribution is 2.22. The maximum absolute atomic E-state index is 12.9. The van der Waals surface area contributed by atoms with Crippen LogP contribution in [-0.2, 0) is 0 Å². The molecule has 1 aliphatic heterocycles. The van der Waals surface area contributed by atoms with Gasteiger partial charge in [-0.1, -0.05) is 30.3 Å². The molecule has 0 saturated carbocycles. The van der Waals surface area contributed by atoms with E-state index in [0.717, 1.165) is 42.6 Å². The number of para-hydroxylation sites is 1. The molecule has 2 aromatic carbocycles. The van der Waals surface area contributed by atoms with Gasteiger partial charge in [0.15, 0.2) is 0 Å². The summed E-state index contributed by atoms with van der Waals surface area (Å²) in [6.45, 7) is 4.28. The molecular formula is C22H24N2O2. The van der Waals surface area contributed by atoms with Gasteiger partial charge in [-0.3, -0.25) is 4.79 Å². The second kappa shape index (κ2) is 7.24. The van der Waals surface area contributed by atoms with Gasteiger partial charge in [0.1, 0.15) is 11.4 Å². The number of aryl methyl sites for hydroxylation is 1. The molecule has 1 aromatic heterocycles. The third-order valence-corrected chi connectivity index (χ3v) is 5.04. The number of carbonyl (C=O) groups is 1. The Labute approximate surface area is 153 Å². The molecule has 0 spiro atoms. The number of likely N-dealkylation sites (tertiary alicyclic amines) is 1. The van der Waals surface area contributed by atoms with Gasteiger partial charge in [0, 0.05) is 29.9 Å². The number of nitrogens with zero attached hydrogens (tertiary/aromatic N) is 1. The lowest BCUT2D eigenvalue weighted by Gasteiger charge is -2.32. The molecule has 1 saturated heterocycles. The summed E-state index contributed by atoms with van der Waals surface area (Å²) in [5.41, 5.74) is 2.88. The summed E-state index contributed by atoms with van der Waals surface area (Å²) >= 11 is 0. The Hall–Kier alpha value is -2.75. The van der Waals surface area contributed by atoms with E-state index in [0.29, 0.717) is 18.2 Å². The van der Waals surface area contributed by atoms with Crippen molar-refractivity contribution in [2.45, 2.75) is 19.8 Å². The number of hydrogen-bond acceptors (Lipinski definition) is 2. The van der Waals surface area contributed by atoms with E-state index < -0.39 is 0 Å². The molecule has 1 aliphatic rings. The van der Waals surface area contributed by atoms with E-state index in [-0.39, 0.29) is 5.91 Å².